The lowest BCUT2D eigenvalue weighted by atomic mass is 10.1. The van der Waals surface area contributed by atoms with Crippen molar-refractivity contribution >= 4 is 22.4 Å². The molecule has 1 aliphatic rings. The molecule has 5 nitrogen and oxygen atoms in total. The molecule has 2 N–H and O–H groups in total. The molecule has 0 bridgehead atoms. The predicted octanol–water partition coefficient (Wildman–Crippen LogP) is 2.36. The van der Waals surface area contributed by atoms with E-state index in [1.807, 2.05) is 31.2 Å². The van der Waals surface area contributed by atoms with Crippen molar-refractivity contribution < 1.29 is 9.53 Å². The number of anilines is 1. The molecule has 1 atom stereocenters. The Morgan fingerprint density at radius 2 is 2.25 bits per heavy atom. The zero-order valence-electron chi connectivity index (χ0n) is 11.3. The van der Waals surface area contributed by atoms with Gasteiger partial charge in [-0.25, -0.2) is 0 Å². The Hall–Kier alpha value is -2.08. The molecule has 2 aromatic rings. The Morgan fingerprint density at radius 3 is 3.05 bits per heavy atom. The fourth-order valence-corrected chi connectivity index (χ4v) is 3.06. The predicted molar refractivity (Wildman–Crippen MR) is 78.5 cm³/mol. The molecule has 0 aliphatic carbocycles. The number of benzene rings is 1. The van der Waals surface area contributed by atoms with Gasteiger partial charge in [-0.3, -0.25) is 4.79 Å². The normalized spacial score (nSPS) is 16.4. The van der Waals surface area contributed by atoms with E-state index < -0.39 is 0 Å². The smallest absolute Gasteiger partial charge is 0.256 e. The van der Waals surface area contributed by atoms with Gasteiger partial charge in [0.2, 0.25) is 0 Å². The number of para-hydroxylation sites is 1. The van der Waals surface area contributed by atoms with Crippen LogP contribution in [0.5, 0.6) is 5.75 Å². The van der Waals surface area contributed by atoms with Gasteiger partial charge in [0.15, 0.2) is 0 Å². The number of fused-ring (bicyclic) bond motifs is 1. The summed E-state index contributed by atoms with van der Waals surface area (Å²) in [6.07, 6.45) is 0. The van der Waals surface area contributed by atoms with Gasteiger partial charge in [0.1, 0.15) is 17.4 Å². The second kappa shape index (κ2) is 5.13. The number of hydrogen-bond donors (Lipinski definition) is 2. The van der Waals surface area contributed by atoms with Crippen molar-refractivity contribution in [1.82, 2.24) is 9.69 Å². The van der Waals surface area contributed by atoms with Crippen molar-refractivity contribution in [2.75, 3.05) is 19.0 Å². The van der Waals surface area contributed by atoms with Crippen molar-refractivity contribution in [2.45, 2.75) is 13.0 Å². The van der Waals surface area contributed by atoms with Crippen molar-refractivity contribution in [2.24, 2.45) is 0 Å². The summed E-state index contributed by atoms with van der Waals surface area (Å²) in [6, 6.07) is 7.66. The summed E-state index contributed by atoms with van der Waals surface area (Å²) < 4.78 is 9.79. The molecule has 1 amide bonds. The number of amides is 1. The van der Waals surface area contributed by atoms with Crippen molar-refractivity contribution in [3.63, 3.8) is 0 Å². The van der Waals surface area contributed by atoms with Crippen LogP contribution >= 0.6 is 11.5 Å². The minimum absolute atomic E-state index is 0.109. The second-order valence-corrected chi connectivity index (χ2v) is 5.37. The summed E-state index contributed by atoms with van der Waals surface area (Å²) >= 11 is 1.29. The highest BCUT2D eigenvalue weighted by Crippen LogP contribution is 2.32. The Labute approximate surface area is 121 Å². The summed E-state index contributed by atoms with van der Waals surface area (Å²) in [4.78, 5) is 12.4. The van der Waals surface area contributed by atoms with Crippen LogP contribution in [0.3, 0.4) is 0 Å². The number of aromatic nitrogens is 1. The molecule has 2 heterocycles. The lowest BCUT2D eigenvalue weighted by Crippen LogP contribution is -2.30. The van der Waals surface area contributed by atoms with Gasteiger partial charge in [-0.05, 0) is 24.5 Å². The molecule has 0 radical (unpaired) electrons. The molecule has 20 heavy (non-hydrogen) atoms. The fraction of sp³-hybridized carbons (Fsp3) is 0.286. The molecule has 0 unspecified atom stereocenters. The summed E-state index contributed by atoms with van der Waals surface area (Å²) in [6.45, 7) is 2.31. The minimum atomic E-state index is -0.120. The number of carbonyl (C=O) groups excluding carboxylic acids is 1. The first kappa shape index (κ1) is 12.9. The quantitative estimate of drug-likeness (QED) is 0.910. The van der Waals surface area contributed by atoms with Crippen LogP contribution in [-0.2, 0) is 0 Å². The topological polar surface area (TPSA) is 63.2 Å². The Morgan fingerprint density at radius 1 is 1.45 bits per heavy atom. The molecule has 0 spiro atoms. The maximum atomic E-state index is 12.4. The van der Waals surface area contributed by atoms with Gasteiger partial charge in [-0.1, -0.05) is 18.2 Å². The third kappa shape index (κ3) is 2.12. The molecule has 1 aliphatic heterocycles. The van der Waals surface area contributed by atoms with Crippen molar-refractivity contribution in [3.05, 3.63) is 41.1 Å². The molecule has 0 saturated carbocycles. The average molecular weight is 289 g/mol. The molecular weight excluding hydrogens is 274 g/mol. The Balaban J connectivity index is 1.82. The molecule has 1 aromatic heterocycles. The third-order valence-electron chi connectivity index (χ3n) is 3.32. The number of nitrogens with zero attached hydrogens (tertiary/aromatic N) is 1. The van der Waals surface area contributed by atoms with Crippen LogP contribution < -0.4 is 15.4 Å². The number of hydrogen-bond acceptors (Lipinski definition) is 5. The first-order valence-electron chi connectivity index (χ1n) is 6.37. The van der Waals surface area contributed by atoms with E-state index >= 15 is 0 Å². The number of nitrogens with one attached hydrogen (secondary N) is 2. The summed E-state index contributed by atoms with van der Waals surface area (Å²) in [7, 11) is 1.79. The largest absolute Gasteiger partial charge is 0.491 e. The van der Waals surface area contributed by atoms with Crippen LogP contribution in [0.25, 0.3) is 0 Å². The van der Waals surface area contributed by atoms with Gasteiger partial charge in [0.05, 0.1) is 17.3 Å². The maximum Gasteiger partial charge on any atom is 0.256 e. The number of ether oxygens (including phenoxy) is 1. The second-order valence-electron chi connectivity index (χ2n) is 4.60. The monoisotopic (exact) mass is 289 g/mol. The van der Waals surface area contributed by atoms with E-state index in [0.717, 1.165) is 22.0 Å². The standard InChI is InChI=1S/C14H15N3O2S/c1-8-12(14(15-2)20-17-8)13(18)16-10-7-19-11-6-4-3-5-9(10)11/h3-6,10,15H,7H2,1-2H3,(H,16,18)/t10-/m0/s1. The van der Waals surface area contributed by atoms with Crippen molar-refractivity contribution in [1.29, 1.82) is 0 Å². The van der Waals surface area contributed by atoms with E-state index in [2.05, 4.69) is 15.0 Å². The molecule has 1 aromatic carbocycles. The van der Waals surface area contributed by atoms with Gasteiger partial charge in [-0.15, -0.1) is 0 Å². The van der Waals surface area contributed by atoms with E-state index in [9.17, 15) is 4.79 Å². The van der Waals surface area contributed by atoms with Crippen LogP contribution in [0.4, 0.5) is 5.00 Å². The summed E-state index contributed by atoms with van der Waals surface area (Å²) in [5, 5.41) is 6.81. The van der Waals surface area contributed by atoms with Crippen LogP contribution in [0.1, 0.15) is 27.7 Å². The van der Waals surface area contributed by atoms with E-state index in [4.69, 9.17) is 4.74 Å². The lowest BCUT2D eigenvalue weighted by Gasteiger charge is -2.12. The van der Waals surface area contributed by atoms with Crippen LogP contribution in [0.15, 0.2) is 24.3 Å². The van der Waals surface area contributed by atoms with Gasteiger partial charge in [0.25, 0.3) is 5.91 Å². The maximum absolute atomic E-state index is 12.4. The first-order chi connectivity index (χ1) is 9.70. The number of carbonyl (C=O) groups is 1. The first-order valence-corrected chi connectivity index (χ1v) is 7.14. The zero-order chi connectivity index (χ0) is 14.1. The third-order valence-corrected chi connectivity index (χ3v) is 4.28. The van der Waals surface area contributed by atoms with Gasteiger partial charge >= 0.3 is 0 Å². The SMILES string of the molecule is CNc1snc(C)c1C(=O)N[C@H]1COc2ccccc21. The van der Waals surface area contributed by atoms with Crippen LogP contribution in [-0.4, -0.2) is 23.9 Å². The molecule has 104 valence electrons. The Bertz CT molecular complexity index is 654. The fourth-order valence-electron chi connectivity index (χ4n) is 2.32. The van der Waals surface area contributed by atoms with E-state index in [1.54, 1.807) is 7.05 Å². The molecule has 3 rings (SSSR count). The average Bonchev–Trinajstić information content (AvgIpc) is 3.03. The van der Waals surface area contributed by atoms with Crippen LogP contribution in [0, 0.1) is 6.92 Å². The molecule has 6 heteroatoms. The van der Waals surface area contributed by atoms with E-state index in [0.29, 0.717) is 12.2 Å². The molecule has 0 fully saturated rings. The van der Waals surface area contributed by atoms with Crippen molar-refractivity contribution in [3.8, 4) is 5.75 Å². The number of aryl methyl sites for hydroxylation is 1. The van der Waals surface area contributed by atoms with Crippen LogP contribution in [0.2, 0.25) is 0 Å². The van der Waals surface area contributed by atoms with E-state index in [-0.39, 0.29) is 11.9 Å². The lowest BCUT2D eigenvalue weighted by molar-refractivity contribution is 0.0930. The molecular formula is C14H15N3O2S. The highest BCUT2D eigenvalue weighted by molar-refractivity contribution is 7.10. The Kier molecular flexibility index (Phi) is 3.31. The minimum Gasteiger partial charge on any atom is -0.491 e. The van der Waals surface area contributed by atoms with Gasteiger partial charge in [-0.2, -0.15) is 4.37 Å². The zero-order valence-corrected chi connectivity index (χ0v) is 12.1. The summed E-state index contributed by atoms with van der Waals surface area (Å²) in [5.41, 5.74) is 2.37. The highest BCUT2D eigenvalue weighted by atomic mass is 32.1. The summed E-state index contributed by atoms with van der Waals surface area (Å²) in [5.74, 6) is 0.720. The van der Waals surface area contributed by atoms with Gasteiger partial charge in [0, 0.05) is 12.6 Å². The van der Waals surface area contributed by atoms with Gasteiger partial charge < -0.3 is 15.4 Å². The van der Waals surface area contributed by atoms with E-state index in [1.165, 1.54) is 11.5 Å². The highest BCUT2D eigenvalue weighted by Gasteiger charge is 2.27. The number of rotatable bonds is 3. The molecule has 0 saturated heterocycles.